The Morgan fingerprint density at radius 1 is 0.283 bits per heavy atom. The van der Waals surface area contributed by atoms with Gasteiger partial charge in [0.1, 0.15) is 11.5 Å². The number of benzene rings is 4. The van der Waals surface area contributed by atoms with Gasteiger partial charge < -0.3 is 9.47 Å². The first-order valence-electron chi connectivity index (χ1n) is 24.1. The number of unbranched alkanes of at least 4 members (excludes halogenated alkanes) is 22. The summed E-state index contributed by atoms with van der Waals surface area (Å²) in [7, 11) is 0. The fraction of sp³-hybridized carbons (Fsp3) is 0.500. The van der Waals surface area contributed by atoms with Gasteiger partial charge in [-0.3, -0.25) is 0 Å². The molecule has 0 N–H and O–H groups in total. The molecule has 2 nitrogen and oxygen atoms in total. The van der Waals surface area contributed by atoms with Crippen LogP contribution in [0.4, 0.5) is 0 Å². The van der Waals surface area contributed by atoms with E-state index in [4.69, 9.17) is 32.7 Å². The molecule has 60 heavy (non-hydrogen) atoms. The summed E-state index contributed by atoms with van der Waals surface area (Å²) in [6.45, 7) is 6.09. The minimum atomic E-state index is 0.728. The summed E-state index contributed by atoms with van der Waals surface area (Å²) in [5, 5.41) is 1.46. The molecule has 0 spiro atoms. The highest BCUT2D eigenvalue weighted by atomic mass is 35.5. The summed E-state index contributed by atoms with van der Waals surface area (Å²) in [6, 6.07) is 33.8. The van der Waals surface area contributed by atoms with Crippen LogP contribution in [0.2, 0.25) is 10.0 Å². The Balaban J connectivity index is 1.18. The maximum atomic E-state index is 6.40. The second kappa shape index (κ2) is 28.2. The van der Waals surface area contributed by atoms with Crippen molar-refractivity contribution < 1.29 is 9.47 Å². The summed E-state index contributed by atoms with van der Waals surface area (Å²) in [5.74, 6) is 1.85. The lowest BCUT2D eigenvalue weighted by molar-refractivity contribution is 0.304. The number of ether oxygens (including phenoxy) is 2. The van der Waals surface area contributed by atoms with E-state index in [0.717, 1.165) is 69.9 Å². The van der Waals surface area contributed by atoms with E-state index in [9.17, 15) is 0 Å². The van der Waals surface area contributed by atoms with Crippen LogP contribution in [0.3, 0.4) is 0 Å². The molecule has 1 aliphatic carbocycles. The van der Waals surface area contributed by atoms with E-state index in [2.05, 4.69) is 86.6 Å². The van der Waals surface area contributed by atoms with E-state index in [-0.39, 0.29) is 0 Å². The van der Waals surface area contributed by atoms with Gasteiger partial charge in [-0.05, 0) is 106 Å². The smallest absolute Gasteiger partial charge is 0.119 e. The minimum Gasteiger partial charge on any atom is -0.494 e. The minimum absolute atomic E-state index is 0.728. The predicted molar refractivity (Wildman–Crippen MR) is 263 cm³/mol. The molecule has 0 amide bonds. The molecule has 0 unspecified atom stereocenters. The van der Waals surface area contributed by atoms with Gasteiger partial charge in [0.25, 0.3) is 0 Å². The zero-order valence-corrected chi connectivity index (χ0v) is 38.7. The average Bonchev–Trinajstić information content (AvgIpc) is 3.26. The molecule has 0 radical (unpaired) electrons. The van der Waals surface area contributed by atoms with Gasteiger partial charge in [-0.2, -0.15) is 0 Å². The first kappa shape index (κ1) is 47.6. The van der Waals surface area contributed by atoms with E-state index >= 15 is 0 Å². The Labute approximate surface area is 375 Å². The number of halogens is 2. The van der Waals surface area contributed by atoms with Crippen LogP contribution in [0, 0.1) is 0 Å². The SMILES string of the molecule is CCCCCCCCCCCCCCOc1ccc(C2=C(c3ccc(OCCCCCCCCCCCCCC)cc3)C(c3ccc(Cl)cc3)=C2c2ccc(Cl)cc2)cc1. The van der Waals surface area contributed by atoms with E-state index in [1.807, 2.05) is 24.3 Å². The molecule has 1 aliphatic rings. The topological polar surface area (TPSA) is 18.5 Å². The lowest BCUT2D eigenvalue weighted by atomic mass is 9.69. The molecule has 0 atom stereocenters. The van der Waals surface area contributed by atoms with Crippen molar-refractivity contribution >= 4 is 45.5 Å². The molecule has 5 rings (SSSR count). The van der Waals surface area contributed by atoms with Gasteiger partial charge in [-0.15, -0.1) is 0 Å². The summed E-state index contributed by atoms with van der Waals surface area (Å²) in [6.07, 6.45) is 32.2. The zero-order chi connectivity index (χ0) is 42.0. The molecule has 4 aromatic rings. The molecule has 0 bridgehead atoms. The Morgan fingerprint density at radius 2 is 0.500 bits per heavy atom. The fourth-order valence-corrected chi connectivity index (χ4v) is 8.78. The standard InChI is InChI=1S/C56H74Cl2O2/c1-3-5-7-9-11-13-15-17-19-21-23-25-43-59-51-39-31-47(32-40-51)55-53(45-27-35-49(57)36-28-45)54(46-29-37-50(58)38-30-46)56(55)48-33-41-52(42-34-48)60-44-26-24-22-20-18-16-14-12-10-8-6-4-2/h27-42H,3-26,43-44H2,1-2H3. The molecule has 4 aromatic carbocycles. The van der Waals surface area contributed by atoms with E-state index in [1.54, 1.807) is 0 Å². The summed E-state index contributed by atoms with van der Waals surface area (Å²) < 4.78 is 12.5. The Bertz CT molecular complexity index is 1690. The zero-order valence-electron chi connectivity index (χ0n) is 37.2. The highest BCUT2D eigenvalue weighted by Gasteiger charge is 2.33. The molecule has 4 heteroatoms. The quantitative estimate of drug-likeness (QED) is 0.0456. The van der Waals surface area contributed by atoms with Gasteiger partial charge in [0.15, 0.2) is 0 Å². The van der Waals surface area contributed by atoms with Crippen molar-refractivity contribution in [1.29, 1.82) is 0 Å². The predicted octanol–water partition coefficient (Wildman–Crippen LogP) is 18.7. The van der Waals surface area contributed by atoms with E-state index in [0.29, 0.717) is 0 Å². The lowest BCUT2D eigenvalue weighted by Crippen LogP contribution is -2.10. The van der Waals surface area contributed by atoms with Crippen molar-refractivity contribution in [3.8, 4) is 11.5 Å². The first-order valence-corrected chi connectivity index (χ1v) is 24.8. The van der Waals surface area contributed by atoms with Gasteiger partial charge in [0, 0.05) is 10.0 Å². The van der Waals surface area contributed by atoms with Crippen molar-refractivity contribution in [2.45, 2.75) is 168 Å². The van der Waals surface area contributed by atoms with Crippen molar-refractivity contribution in [1.82, 2.24) is 0 Å². The monoisotopic (exact) mass is 849 g/mol. The highest BCUT2D eigenvalue weighted by Crippen LogP contribution is 2.56. The Kier molecular flexibility index (Phi) is 22.4. The number of hydrogen-bond donors (Lipinski definition) is 0. The van der Waals surface area contributed by atoms with Crippen LogP contribution < -0.4 is 9.47 Å². The third-order valence-electron chi connectivity index (χ3n) is 12.1. The maximum Gasteiger partial charge on any atom is 0.119 e. The van der Waals surface area contributed by atoms with E-state index in [1.165, 1.54) is 164 Å². The summed E-state index contributed by atoms with van der Waals surface area (Å²) in [5.41, 5.74) is 9.47. The summed E-state index contributed by atoms with van der Waals surface area (Å²) in [4.78, 5) is 0. The van der Waals surface area contributed by atoms with Crippen LogP contribution in [0.25, 0.3) is 22.3 Å². The van der Waals surface area contributed by atoms with Crippen LogP contribution in [0.15, 0.2) is 97.1 Å². The molecule has 0 fully saturated rings. The summed E-state index contributed by atoms with van der Waals surface area (Å²) >= 11 is 12.8. The lowest BCUT2D eigenvalue weighted by Gasteiger charge is -2.33. The van der Waals surface area contributed by atoms with Gasteiger partial charge in [-0.25, -0.2) is 0 Å². The Hall–Kier alpha value is -3.46. The van der Waals surface area contributed by atoms with Gasteiger partial charge >= 0.3 is 0 Å². The molecule has 0 aliphatic heterocycles. The van der Waals surface area contributed by atoms with Gasteiger partial charge in [0.05, 0.1) is 13.2 Å². The highest BCUT2D eigenvalue weighted by molar-refractivity contribution is 6.43. The van der Waals surface area contributed by atoms with Gasteiger partial charge in [0.2, 0.25) is 0 Å². The maximum absolute atomic E-state index is 6.40. The molecule has 0 saturated carbocycles. The molecule has 324 valence electrons. The number of allylic oxidation sites excluding steroid dienone is 4. The van der Waals surface area contributed by atoms with Crippen molar-refractivity contribution in [3.05, 3.63) is 129 Å². The van der Waals surface area contributed by atoms with E-state index < -0.39 is 0 Å². The third-order valence-corrected chi connectivity index (χ3v) is 12.6. The fourth-order valence-electron chi connectivity index (χ4n) is 8.53. The van der Waals surface area contributed by atoms with Crippen molar-refractivity contribution in [3.63, 3.8) is 0 Å². The van der Waals surface area contributed by atoms with Crippen LogP contribution >= 0.6 is 23.2 Å². The number of hydrogen-bond acceptors (Lipinski definition) is 2. The molecule has 0 aromatic heterocycles. The molecular weight excluding hydrogens is 776 g/mol. The second-order valence-electron chi connectivity index (χ2n) is 17.0. The Morgan fingerprint density at radius 3 is 0.750 bits per heavy atom. The molecule has 0 saturated heterocycles. The molecule has 0 heterocycles. The average molecular weight is 850 g/mol. The van der Waals surface area contributed by atoms with Crippen LogP contribution in [0.5, 0.6) is 11.5 Å². The third kappa shape index (κ3) is 16.1. The van der Waals surface area contributed by atoms with Crippen molar-refractivity contribution in [2.75, 3.05) is 13.2 Å². The van der Waals surface area contributed by atoms with Crippen molar-refractivity contribution in [2.24, 2.45) is 0 Å². The van der Waals surface area contributed by atoms with Crippen LogP contribution in [-0.4, -0.2) is 13.2 Å². The first-order chi connectivity index (χ1) is 29.6. The van der Waals surface area contributed by atoms with Gasteiger partial charge in [-0.1, -0.05) is 227 Å². The normalized spacial score (nSPS) is 12.6. The number of rotatable bonds is 32. The second-order valence-corrected chi connectivity index (χ2v) is 17.9. The molecular formula is C56H74Cl2O2. The largest absolute Gasteiger partial charge is 0.494 e. The van der Waals surface area contributed by atoms with Crippen LogP contribution in [-0.2, 0) is 0 Å². The van der Waals surface area contributed by atoms with Crippen LogP contribution in [0.1, 0.15) is 190 Å².